The molecule has 3 amide bonds. The fourth-order valence-corrected chi connectivity index (χ4v) is 4.41. The summed E-state index contributed by atoms with van der Waals surface area (Å²) in [5, 5.41) is 0. The summed E-state index contributed by atoms with van der Waals surface area (Å²) in [4.78, 5) is 43.9. The number of nitrogens with zero attached hydrogens (tertiary/aromatic N) is 3. The molecule has 2 heterocycles. The van der Waals surface area contributed by atoms with Crippen LogP contribution in [-0.2, 0) is 16.1 Å². The third-order valence-electron chi connectivity index (χ3n) is 6.21. The Bertz CT molecular complexity index is 961. The van der Waals surface area contributed by atoms with E-state index in [2.05, 4.69) is 0 Å². The summed E-state index contributed by atoms with van der Waals surface area (Å²) >= 11 is 0. The molecule has 0 N–H and O–H groups in total. The molecule has 2 aromatic rings. The summed E-state index contributed by atoms with van der Waals surface area (Å²) in [6.45, 7) is 3.19. The van der Waals surface area contributed by atoms with E-state index in [0.717, 1.165) is 12.0 Å². The van der Waals surface area contributed by atoms with Gasteiger partial charge in [-0.05, 0) is 36.2 Å². The van der Waals surface area contributed by atoms with E-state index in [4.69, 9.17) is 4.74 Å². The van der Waals surface area contributed by atoms with Crippen LogP contribution in [0.2, 0.25) is 0 Å². The highest BCUT2D eigenvalue weighted by atomic mass is 16.5. The van der Waals surface area contributed by atoms with Gasteiger partial charge in [0, 0.05) is 51.3 Å². The highest BCUT2D eigenvalue weighted by Crippen LogP contribution is 2.23. The molecule has 4 rings (SSSR count). The molecule has 0 aliphatic carbocycles. The van der Waals surface area contributed by atoms with Gasteiger partial charge in [0.25, 0.3) is 5.91 Å². The largest absolute Gasteiger partial charge is 0.497 e. The van der Waals surface area contributed by atoms with Gasteiger partial charge in [-0.2, -0.15) is 0 Å². The molecule has 0 aromatic heterocycles. The second-order valence-electron chi connectivity index (χ2n) is 8.36. The van der Waals surface area contributed by atoms with Crippen LogP contribution in [0.4, 0.5) is 0 Å². The zero-order chi connectivity index (χ0) is 22.5. The third kappa shape index (κ3) is 4.93. The van der Waals surface area contributed by atoms with E-state index in [1.54, 1.807) is 41.2 Å². The van der Waals surface area contributed by atoms with E-state index < -0.39 is 0 Å². The lowest BCUT2D eigenvalue weighted by Gasteiger charge is -2.24. The molecular formula is C25H29N3O4. The Hall–Kier alpha value is -3.35. The van der Waals surface area contributed by atoms with Crippen molar-refractivity contribution >= 4 is 17.7 Å². The van der Waals surface area contributed by atoms with Crippen LogP contribution in [0.25, 0.3) is 0 Å². The van der Waals surface area contributed by atoms with E-state index >= 15 is 0 Å². The summed E-state index contributed by atoms with van der Waals surface area (Å²) in [6, 6.07) is 16.9. The lowest BCUT2D eigenvalue weighted by molar-refractivity contribution is -0.135. The number of carbonyl (C=O) groups is 3. The maximum atomic E-state index is 13.1. The van der Waals surface area contributed by atoms with Crippen LogP contribution in [0.1, 0.15) is 28.8 Å². The van der Waals surface area contributed by atoms with Crippen molar-refractivity contribution in [3.8, 4) is 5.75 Å². The zero-order valence-electron chi connectivity index (χ0n) is 18.4. The van der Waals surface area contributed by atoms with Crippen LogP contribution < -0.4 is 4.74 Å². The zero-order valence-corrected chi connectivity index (χ0v) is 18.4. The first kappa shape index (κ1) is 21.9. The molecule has 0 saturated carbocycles. The molecule has 0 bridgehead atoms. The highest BCUT2D eigenvalue weighted by Gasteiger charge is 2.37. The van der Waals surface area contributed by atoms with E-state index in [1.807, 2.05) is 35.2 Å². The van der Waals surface area contributed by atoms with Crippen molar-refractivity contribution in [2.75, 3.05) is 39.8 Å². The van der Waals surface area contributed by atoms with Crippen molar-refractivity contribution in [2.24, 2.45) is 5.92 Å². The van der Waals surface area contributed by atoms with Gasteiger partial charge in [-0.1, -0.05) is 30.3 Å². The second kappa shape index (κ2) is 9.85. The van der Waals surface area contributed by atoms with Gasteiger partial charge >= 0.3 is 0 Å². The number of ether oxygens (including phenoxy) is 1. The van der Waals surface area contributed by atoms with Gasteiger partial charge in [-0.3, -0.25) is 14.4 Å². The summed E-state index contributed by atoms with van der Waals surface area (Å²) in [5.74, 6) is 0.412. The first-order valence-electron chi connectivity index (χ1n) is 11.1. The van der Waals surface area contributed by atoms with Crippen molar-refractivity contribution in [3.63, 3.8) is 0 Å². The maximum Gasteiger partial charge on any atom is 0.253 e. The van der Waals surface area contributed by atoms with Crippen LogP contribution in [0.5, 0.6) is 5.75 Å². The Morgan fingerprint density at radius 1 is 0.938 bits per heavy atom. The van der Waals surface area contributed by atoms with E-state index in [0.29, 0.717) is 50.6 Å². The molecule has 2 aromatic carbocycles. The number of hydrogen-bond donors (Lipinski definition) is 0. The first-order valence-corrected chi connectivity index (χ1v) is 11.1. The second-order valence-corrected chi connectivity index (χ2v) is 8.36. The SMILES string of the molecule is COc1ccc(C(=O)N2CCCN(C(=O)C3CC(=O)N(Cc4ccccc4)C3)CC2)cc1. The quantitative estimate of drug-likeness (QED) is 0.723. The lowest BCUT2D eigenvalue weighted by atomic mass is 10.1. The average Bonchev–Trinajstić information content (AvgIpc) is 3.03. The summed E-state index contributed by atoms with van der Waals surface area (Å²) in [6.07, 6.45) is 0.985. The molecule has 7 heteroatoms. The van der Waals surface area contributed by atoms with Crippen LogP contribution in [0.3, 0.4) is 0 Å². The Morgan fingerprint density at radius 3 is 2.34 bits per heavy atom. The fraction of sp³-hybridized carbons (Fsp3) is 0.400. The maximum absolute atomic E-state index is 13.1. The molecule has 7 nitrogen and oxygen atoms in total. The number of likely N-dealkylation sites (tertiary alicyclic amines) is 1. The van der Waals surface area contributed by atoms with Gasteiger partial charge in [0.1, 0.15) is 5.75 Å². The minimum atomic E-state index is -0.310. The molecule has 168 valence electrons. The molecule has 0 radical (unpaired) electrons. The average molecular weight is 436 g/mol. The summed E-state index contributed by atoms with van der Waals surface area (Å²) in [7, 11) is 1.59. The van der Waals surface area contributed by atoms with Crippen molar-refractivity contribution in [1.29, 1.82) is 0 Å². The number of amides is 3. The Balaban J connectivity index is 1.33. The van der Waals surface area contributed by atoms with Crippen LogP contribution in [0, 0.1) is 5.92 Å². The Morgan fingerprint density at radius 2 is 1.62 bits per heavy atom. The molecule has 32 heavy (non-hydrogen) atoms. The molecule has 1 unspecified atom stereocenters. The predicted octanol–water partition coefficient (Wildman–Crippen LogP) is 2.42. The van der Waals surface area contributed by atoms with Crippen molar-refractivity contribution in [2.45, 2.75) is 19.4 Å². The molecule has 2 aliphatic heterocycles. The molecule has 1 atom stereocenters. The number of methoxy groups -OCH3 is 1. The molecular weight excluding hydrogens is 406 g/mol. The van der Waals surface area contributed by atoms with E-state index in [1.165, 1.54) is 0 Å². The summed E-state index contributed by atoms with van der Waals surface area (Å²) < 4.78 is 5.16. The first-order chi connectivity index (χ1) is 15.5. The van der Waals surface area contributed by atoms with E-state index in [9.17, 15) is 14.4 Å². The smallest absolute Gasteiger partial charge is 0.253 e. The van der Waals surface area contributed by atoms with Gasteiger partial charge in [0.2, 0.25) is 11.8 Å². The molecule has 2 saturated heterocycles. The molecule has 2 fully saturated rings. The fourth-order valence-electron chi connectivity index (χ4n) is 4.41. The highest BCUT2D eigenvalue weighted by molar-refractivity contribution is 5.94. The number of benzene rings is 2. The number of hydrogen-bond acceptors (Lipinski definition) is 4. The lowest BCUT2D eigenvalue weighted by Crippen LogP contribution is -2.40. The van der Waals surface area contributed by atoms with Crippen molar-refractivity contribution < 1.29 is 19.1 Å². The van der Waals surface area contributed by atoms with Gasteiger partial charge in [-0.15, -0.1) is 0 Å². The number of carbonyl (C=O) groups excluding carboxylic acids is 3. The van der Waals surface area contributed by atoms with Crippen molar-refractivity contribution in [3.05, 3.63) is 65.7 Å². The molecule has 0 spiro atoms. The van der Waals surface area contributed by atoms with Crippen LogP contribution >= 0.6 is 0 Å². The predicted molar refractivity (Wildman–Crippen MR) is 120 cm³/mol. The van der Waals surface area contributed by atoms with Gasteiger partial charge in [0.05, 0.1) is 13.0 Å². The van der Waals surface area contributed by atoms with E-state index in [-0.39, 0.29) is 30.1 Å². The van der Waals surface area contributed by atoms with Crippen LogP contribution in [0.15, 0.2) is 54.6 Å². The third-order valence-corrected chi connectivity index (χ3v) is 6.21. The molecule has 2 aliphatic rings. The van der Waals surface area contributed by atoms with Crippen LogP contribution in [-0.4, -0.2) is 72.3 Å². The Labute approximate surface area is 188 Å². The topological polar surface area (TPSA) is 70.2 Å². The Kier molecular flexibility index (Phi) is 6.73. The standard InChI is InChI=1S/C25H29N3O4/c1-32-22-10-8-20(9-11-22)24(30)26-12-5-13-27(15-14-26)25(31)21-16-23(29)28(18-21)17-19-6-3-2-4-7-19/h2-4,6-11,21H,5,12-18H2,1H3. The monoisotopic (exact) mass is 435 g/mol. The minimum absolute atomic E-state index is 0.0210. The summed E-state index contributed by atoms with van der Waals surface area (Å²) in [5.41, 5.74) is 1.68. The van der Waals surface area contributed by atoms with Crippen molar-refractivity contribution in [1.82, 2.24) is 14.7 Å². The van der Waals surface area contributed by atoms with Gasteiger partial charge in [-0.25, -0.2) is 0 Å². The van der Waals surface area contributed by atoms with Gasteiger partial charge < -0.3 is 19.4 Å². The number of rotatable bonds is 5. The normalized spacial score (nSPS) is 19.1. The van der Waals surface area contributed by atoms with Gasteiger partial charge in [0.15, 0.2) is 0 Å². The minimum Gasteiger partial charge on any atom is -0.497 e.